The molecule has 0 fully saturated rings. The van der Waals surface area contributed by atoms with Crippen LogP contribution in [0.15, 0.2) is 29.8 Å². The first-order valence-corrected chi connectivity index (χ1v) is 6.58. The Kier molecular flexibility index (Phi) is 5.85. The van der Waals surface area contributed by atoms with Gasteiger partial charge in [-0.15, -0.1) is 0 Å². The molecule has 0 saturated carbocycles. The summed E-state index contributed by atoms with van der Waals surface area (Å²) in [7, 11) is 0. The smallest absolute Gasteiger partial charge is 0.417 e. The van der Waals surface area contributed by atoms with Crippen LogP contribution in [0, 0.1) is 0 Å². The zero-order valence-corrected chi connectivity index (χ0v) is 12.3. The second-order valence-corrected chi connectivity index (χ2v) is 4.76. The van der Waals surface area contributed by atoms with Gasteiger partial charge >= 0.3 is 18.3 Å². The summed E-state index contributed by atoms with van der Waals surface area (Å²) in [4.78, 5) is 11.8. The highest BCUT2D eigenvalue weighted by atomic mass is 19.4. The molecule has 0 amide bonds. The summed E-state index contributed by atoms with van der Waals surface area (Å²) in [6.07, 6.45) is -7.97. The molecule has 0 heterocycles. The van der Waals surface area contributed by atoms with Crippen LogP contribution in [0.1, 0.15) is 41.8 Å². The van der Waals surface area contributed by atoms with Crippen LogP contribution in [0.2, 0.25) is 0 Å². The van der Waals surface area contributed by atoms with Crippen LogP contribution in [-0.4, -0.2) is 12.6 Å². The van der Waals surface area contributed by atoms with Crippen molar-refractivity contribution in [1.29, 1.82) is 0 Å². The van der Waals surface area contributed by atoms with E-state index in [4.69, 9.17) is 0 Å². The number of carbonyl (C=O) groups excluding carboxylic acids is 1. The van der Waals surface area contributed by atoms with Crippen molar-refractivity contribution < 1.29 is 35.9 Å². The molecular formula is C15H14F6O2. The molecule has 1 aromatic rings. The summed E-state index contributed by atoms with van der Waals surface area (Å²) in [5.74, 6) is -1.66. The molecule has 0 radical (unpaired) electrons. The van der Waals surface area contributed by atoms with Gasteiger partial charge in [0.1, 0.15) is 6.61 Å². The molecule has 8 heteroatoms. The number of rotatable bonds is 4. The van der Waals surface area contributed by atoms with E-state index in [0.29, 0.717) is 30.2 Å². The highest BCUT2D eigenvalue weighted by Crippen LogP contribution is 2.39. The molecule has 0 aliphatic carbocycles. The lowest BCUT2D eigenvalue weighted by molar-refractivity contribution is -0.144. The van der Waals surface area contributed by atoms with Gasteiger partial charge in [-0.2, -0.15) is 26.3 Å². The first-order valence-electron chi connectivity index (χ1n) is 6.58. The van der Waals surface area contributed by atoms with Crippen molar-refractivity contribution in [1.82, 2.24) is 0 Å². The minimum atomic E-state index is -5.11. The monoisotopic (exact) mass is 340 g/mol. The van der Waals surface area contributed by atoms with Crippen LogP contribution in [0.5, 0.6) is 0 Å². The van der Waals surface area contributed by atoms with Crippen molar-refractivity contribution in [3.8, 4) is 0 Å². The lowest BCUT2D eigenvalue weighted by Gasteiger charge is -2.17. The van der Waals surface area contributed by atoms with Gasteiger partial charge in [0.25, 0.3) is 0 Å². The predicted octanol–water partition coefficient (Wildman–Crippen LogP) is 5.24. The van der Waals surface area contributed by atoms with Crippen molar-refractivity contribution in [2.75, 3.05) is 6.61 Å². The number of carbonyl (C=O) groups is 1. The lowest BCUT2D eigenvalue weighted by atomic mass is 10.00. The maximum Gasteiger partial charge on any atom is 0.417 e. The summed E-state index contributed by atoms with van der Waals surface area (Å²) >= 11 is 0. The van der Waals surface area contributed by atoms with Crippen LogP contribution < -0.4 is 0 Å². The third kappa shape index (κ3) is 5.01. The van der Waals surface area contributed by atoms with E-state index in [2.05, 4.69) is 4.74 Å². The van der Waals surface area contributed by atoms with E-state index in [0.717, 1.165) is 0 Å². The highest BCUT2D eigenvalue weighted by molar-refractivity contribution is 5.93. The van der Waals surface area contributed by atoms with E-state index in [1.54, 1.807) is 19.9 Å². The summed E-state index contributed by atoms with van der Waals surface area (Å²) in [5.41, 5.74) is -4.33. The molecule has 1 rings (SSSR count). The highest BCUT2D eigenvalue weighted by Gasteiger charge is 2.43. The number of ether oxygens (including phenoxy) is 1. The molecule has 0 atom stereocenters. The van der Waals surface area contributed by atoms with E-state index in [1.165, 1.54) is 0 Å². The predicted molar refractivity (Wildman–Crippen MR) is 70.8 cm³/mol. The quantitative estimate of drug-likeness (QED) is 0.426. The van der Waals surface area contributed by atoms with Crippen molar-refractivity contribution >= 4 is 5.97 Å². The number of halogens is 6. The molecule has 0 saturated heterocycles. The molecule has 0 unspecified atom stereocenters. The fourth-order valence-corrected chi connectivity index (χ4v) is 1.90. The standard InChI is InChI=1S/C15H14F6O2/c1-3-5-9(2)8-23-13(22)12-10(14(16,17)18)6-4-7-11(12)15(19,20)21/h4-7H,3,8H2,1-2H3. The topological polar surface area (TPSA) is 26.3 Å². The molecule has 128 valence electrons. The van der Waals surface area contributed by atoms with Crippen LogP contribution in [-0.2, 0) is 17.1 Å². The van der Waals surface area contributed by atoms with Gasteiger partial charge in [-0.3, -0.25) is 0 Å². The van der Waals surface area contributed by atoms with Crippen molar-refractivity contribution in [2.45, 2.75) is 32.6 Å². The van der Waals surface area contributed by atoms with Gasteiger partial charge in [0.05, 0.1) is 16.7 Å². The Bertz CT molecular complexity index is 567. The molecule has 0 aromatic heterocycles. The summed E-state index contributed by atoms with van der Waals surface area (Å²) < 4.78 is 82.1. The van der Waals surface area contributed by atoms with Gasteiger partial charge in [0.2, 0.25) is 0 Å². The van der Waals surface area contributed by atoms with Gasteiger partial charge in [-0.1, -0.05) is 19.1 Å². The van der Waals surface area contributed by atoms with E-state index in [1.807, 2.05) is 0 Å². The van der Waals surface area contributed by atoms with E-state index in [9.17, 15) is 31.1 Å². The third-order valence-corrected chi connectivity index (χ3v) is 2.86. The fraction of sp³-hybridized carbons (Fsp3) is 0.400. The molecule has 0 N–H and O–H groups in total. The lowest BCUT2D eigenvalue weighted by Crippen LogP contribution is -2.21. The van der Waals surface area contributed by atoms with E-state index < -0.39 is 35.0 Å². The summed E-state index contributed by atoms with van der Waals surface area (Å²) in [6.45, 7) is 2.96. The maximum absolute atomic E-state index is 12.9. The number of allylic oxidation sites excluding steroid dienone is 1. The Hall–Kier alpha value is -1.99. The number of hydrogen-bond donors (Lipinski definition) is 0. The number of alkyl halides is 6. The molecule has 1 aromatic carbocycles. The second kappa shape index (κ2) is 7.06. The van der Waals surface area contributed by atoms with Gasteiger partial charge in [-0.05, 0) is 31.1 Å². The largest absolute Gasteiger partial charge is 0.458 e. The maximum atomic E-state index is 12.9. The Morgan fingerprint density at radius 1 is 1.09 bits per heavy atom. The van der Waals surface area contributed by atoms with Crippen LogP contribution in [0.3, 0.4) is 0 Å². The average Bonchev–Trinajstić information content (AvgIpc) is 2.42. The molecule has 0 bridgehead atoms. The molecule has 0 spiro atoms. The SMILES string of the molecule is CCC=C(C)COC(=O)c1c(C(F)(F)F)cccc1C(F)(F)F. The van der Waals surface area contributed by atoms with Crippen LogP contribution in [0.25, 0.3) is 0 Å². The van der Waals surface area contributed by atoms with Gasteiger partial charge in [0.15, 0.2) is 0 Å². The first-order chi connectivity index (χ1) is 10.5. The first kappa shape index (κ1) is 19.1. The van der Waals surface area contributed by atoms with Crippen LogP contribution >= 0.6 is 0 Å². The summed E-state index contributed by atoms with van der Waals surface area (Å²) in [5, 5.41) is 0. The Morgan fingerprint density at radius 3 is 1.96 bits per heavy atom. The van der Waals surface area contributed by atoms with E-state index in [-0.39, 0.29) is 6.61 Å². The number of hydrogen-bond acceptors (Lipinski definition) is 2. The fourth-order valence-electron chi connectivity index (χ4n) is 1.90. The minimum absolute atomic E-state index is 0.379. The Balaban J connectivity index is 3.31. The molecule has 0 aliphatic heterocycles. The Morgan fingerprint density at radius 2 is 1.57 bits per heavy atom. The van der Waals surface area contributed by atoms with Gasteiger partial charge in [-0.25, -0.2) is 4.79 Å². The van der Waals surface area contributed by atoms with Gasteiger partial charge in [0, 0.05) is 0 Å². The Labute approximate surface area is 128 Å². The molecule has 0 aliphatic rings. The van der Waals surface area contributed by atoms with Crippen molar-refractivity contribution in [2.24, 2.45) is 0 Å². The third-order valence-electron chi connectivity index (χ3n) is 2.86. The zero-order valence-electron chi connectivity index (χ0n) is 12.3. The minimum Gasteiger partial charge on any atom is -0.458 e. The number of esters is 1. The second-order valence-electron chi connectivity index (χ2n) is 4.76. The summed E-state index contributed by atoms with van der Waals surface area (Å²) in [6, 6.07) is 1.44. The zero-order chi connectivity index (χ0) is 17.8. The van der Waals surface area contributed by atoms with Crippen molar-refractivity contribution in [3.05, 3.63) is 46.5 Å². The normalized spacial score (nSPS) is 13.1. The molecule has 2 nitrogen and oxygen atoms in total. The van der Waals surface area contributed by atoms with E-state index >= 15 is 0 Å². The van der Waals surface area contributed by atoms with Gasteiger partial charge < -0.3 is 4.74 Å². The molecule has 23 heavy (non-hydrogen) atoms. The van der Waals surface area contributed by atoms with Crippen molar-refractivity contribution in [3.63, 3.8) is 0 Å². The van der Waals surface area contributed by atoms with Crippen LogP contribution in [0.4, 0.5) is 26.3 Å². The average molecular weight is 340 g/mol. The number of benzene rings is 1. The molecular weight excluding hydrogens is 326 g/mol.